The van der Waals surface area contributed by atoms with Crippen LogP contribution in [0.2, 0.25) is 11.1 Å². The Labute approximate surface area is 252 Å². The van der Waals surface area contributed by atoms with Crippen LogP contribution in [0.15, 0.2) is 60.7 Å². The first-order valence-electron chi connectivity index (χ1n) is 15.6. The van der Waals surface area contributed by atoms with Crippen molar-refractivity contribution in [3.63, 3.8) is 0 Å². The van der Waals surface area contributed by atoms with Crippen molar-refractivity contribution in [3.05, 3.63) is 71.8 Å². The summed E-state index contributed by atoms with van der Waals surface area (Å²) in [6, 6.07) is 22.2. The summed E-state index contributed by atoms with van der Waals surface area (Å²) in [5, 5.41) is 3.36. The molecule has 2 aromatic rings. The van der Waals surface area contributed by atoms with Gasteiger partial charge in [0, 0.05) is 50.7 Å². The van der Waals surface area contributed by atoms with Crippen LogP contribution in [0, 0.1) is 0 Å². The van der Waals surface area contributed by atoms with Crippen LogP contribution in [0.5, 0.6) is 0 Å². The minimum absolute atomic E-state index is 0.356. The minimum atomic E-state index is -3.16. The van der Waals surface area contributed by atoms with E-state index in [0.29, 0.717) is 39.6 Å². The largest absolute Gasteiger partial charge is 0.508 e. The molecule has 232 valence electrons. The molecule has 9 heteroatoms. The molecule has 0 atom stereocenters. The molecule has 0 saturated heterocycles. The van der Waals surface area contributed by atoms with E-state index in [0.717, 1.165) is 44.8 Å². The fourth-order valence-electron chi connectivity index (χ4n) is 5.62. The first kappa shape index (κ1) is 35.8. The van der Waals surface area contributed by atoms with Crippen LogP contribution in [0.3, 0.4) is 0 Å². The van der Waals surface area contributed by atoms with Gasteiger partial charge in [-0.15, -0.1) is 0 Å². The fraction of sp³-hybridized carbons (Fsp3) is 0.625. The zero-order valence-corrected chi connectivity index (χ0v) is 28.4. The Balaban J connectivity index is 2.34. The quantitative estimate of drug-likeness (QED) is 0.106. The molecule has 0 bridgehead atoms. The predicted molar refractivity (Wildman–Crippen MR) is 171 cm³/mol. The molecule has 41 heavy (non-hydrogen) atoms. The van der Waals surface area contributed by atoms with Crippen molar-refractivity contribution >= 4 is 17.6 Å². The van der Waals surface area contributed by atoms with Gasteiger partial charge in [-0.05, 0) is 91.4 Å². The van der Waals surface area contributed by atoms with Crippen molar-refractivity contribution in [2.75, 3.05) is 52.7 Å². The maximum absolute atomic E-state index is 6.65. The Morgan fingerprint density at radius 2 is 0.976 bits per heavy atom. The van der Waals surface area contributed by atoms with Crippen molar-refractivity contribution < 1.29 is 26.6 Å². The van der Waals surface area contributed by atoms with Crippen molar-refractivity contribution in [2.45, 2.75) is 78.3 Å². The summed E-state index contributed by atoms with van der Waals surface area (Å²) in [4.78, 5) is 0. The highest BCUT2D eigenvalue weighted by molar-refractivity contribution is 6.64. The fourth-order valence-corrected chi connectivity index (χ4v) is 11.8. The van der Waals surface area contributed by atoms with Gasteiger partial charge in [-0.1, -0.05) is 60.7 Å². The molecule has 0 radical (unpaired) electrons. The van der Waals surface area contributed by atoms with Gasteiger partial charge in [0.2, 0.25) is 0 Å². The second-order valence-corrected chi connectivity index (χ2v) is 15.8. The highest BCUT2D eigenvalue weighted by Crippen LogP contribution is 2.49. The van der Waals surface area contributed by atoms with E-state index in [9.17, 15) is 0 Å². The summed E-state index contributed by atoms with van der Waals surface area (Å²) in [5.41, 5.74) is 2.53. The SMILES string of the molecule is CCO[Si](CCCNCCC(Cc1ccccc1)(Cc1ccccc1)[Si](OCC)(OCC)OCC)(OCC)OCC. The van der Waals surface area contributed by atoms with Gasteiger partial charge >= 0.3 is 17.6 Å². The van der Waals surface area contributed by atoms with Gasteiger partial charge in [0.25, 0.3) is 0 Å². The molecule has 0 spiro atoms. The molecule has 0 heterocycles. The third-order valence-electron chi connectivity index (χ3n) is 7.13. The third-order valence-corrected chi connectivity index (χ3v) is 14.2. The van der Waals surface area contributed by atoms with E-state index in [2.05, 4.69) is 66.0 Å². The summed E-state index contributed by atoms with van der Waals surface area (Å²) < 4.78 is 38.1. The van der Waals surface area contributed by atoms with Crippen LogP contribution in [0.4, 0.5) is 0 Å². The standard InChI is InChI=1S/C32H55NO6Si2/c1-7-34-40(35-8-2,36-9-3)27-19-25-33-26-24-32(28-30-20-15-13-16-21-30,29-31-22-17-14-18-23-31)41(37-10-4,38-11-5)39-12-6/h13-18,20-23,33H,7-12,19,24-29H2,1-6H3. The maximum Gasteiger partial charge on any atom is 0.508 e. The van der Waals surface area contributed by atoms with E-state index in [1.807, 2.05) is 41.5 Å². The van der Waals surface area contributed by atoms with E-state index in [1.54, 1.807) is 0 Å². The molecule has 2 rings (SSSR count). The van der Waals surface area contributed by atoms with Crippen molar-refractivity contribution in [1.29, 1.82) is 0 Å². The van der Waals surface area contributed by atoms with Crippen LogP contribution in [-0.4, -0.2) is 70.3 Å². The molecule has 0 aliphatic rings. The number of rotatable bonds is 24. The molecule has 0 aliphatic carbocycles. The summed E-state index contributed by atoms with van der Waals surface area (Å²) in [6.45, 7) is 17.2. The Morgan fingerprint density at radius 1 is 0.561 bits per heavy atom. The topological polar surface area (TPSA) is 67.4 Å². The molecule has 1 N–H and O–H groups in total. The van der Waals surface area contributed by atoms with Crippen LogP contribution < -0.4 is 5.32 Å². The third kappa shape index (κ3) is 11.0. The lowest BCUT2D eigenvalue weighted by Gasteiger charge is -2.46. The average molecular weight is 606 g/mol. The van der Waals surface area contributed by atoms with Gasteiger partial charge in [0.1, 0.15) is 0 Å². The van der Waals surface area contributed by atoms with Crippen LogP contribution >= 0.6 is 0 Å². The Morgan fingerprint density at radius 3 is 1.37 bits per heavy atom. The molecule has 0 aliphatic heterocycles. The maximum atomic E-state index is 6.65. The van der Waals surface area contributed by atoms with E-state index >= 15 is 0 Å². The van der Waals surface area contributed by atoms with Gasteiger partial charge in [-0.25, -0.2) is 0 Å². The summed E-state index contributed by atoms with van der Waals surface area (Å²) in [7, 11) is -5.81. The average Bonchev–Trinajstić information content (AvgIpc) is 2.96. The molecule has 7 nitrogen and oxygen atoms in total. The molecule has 0 saturated carbocycles. The smallest absolute Gasteiger partial charge is 0.374 e. The second-order valence-electron chi connectivity index (χ2n) is 10.0. The first-order chi connectivity index (χ1) is 20.0. The molecule has 0 fully saturated rings. The summed E-state index contributed by atoms with van der Waals surface area (Å²) >= 11 is 0. The molecular formula is C32H55NO6Si2. The van der Waals surface area contributed by atoms with Gasteiger partial charge in [-0.2, -0.15) is 0 Å². The lowest BCUT2D eigenvalue weighted by Crippen LogP contribution is -2.59. The Kier molecular flexibility index (Phi) is 17.2. The molecule has 0 amide bonds. The van der Waals surface area contributed by atoms with Gasteiger partial charge in [-0.3, -0.25) is 0 Å². The van der Waals surface area contributed by atoms with Gasteiger partial charge in [0.05, 0.1) is 0 Å². The number of benzene rings is 2. The van der Waals surface area contributed by atoms with Crippen LogP contribution in [-0.2, 0) is 39.4 Å². The van der Waals surface area contributed by atoms with E-state index in [-0.39, 0.29) is 5.04 Å². The van der Waals surface area contributed by atoms with Crippen LogP contribution in [0.25, 0.3) is 0 Å². The van der Waals surface area contributed by atoms with Gasteiger partial charge < -0.3 is 31.9 Å². The normalized spacial score (nSPS) is 12.6. The van der Waals surface area contributed by atoms with E-state index in [1.165, 1.54) is 11.1 Å². The monoisotopic (exact) mass is 605 g/mol. The molecule has 2 aromatic carbocycles. The number of hydrogen-bond acceptors (Lipinski definition) is 7. The Bertz CT molecular complexity index is 845. The minimum Gasteiger partial charge on any atom is -0.374 e. The zero-order chi connectivity index (χ0) is 29.9. The lowest BCUT2D eigenvalue weighted by molar-refractivity contribution is 0.0397. The number of hydrogen-bond donors (Lipinski definition) is 1. The lowest BCUT2D eigenvalue weighted by atomic mass is 9.88. The summed E-state index contributed by atoms with van der Waals surface area (Å²) in [6.07, 6.45) is 3.40. The van der Waals surface area contributed by atoms with E-state index < -0.39 is 17.6 Å². The highest BCUT2D eigenvalue weighted by Gasteiger charge is 2.60. The van der Waals surface area contributed by atoms with Crippen molar-refractivity contribution in [3.8, 4) is 0 Å². The highest BCUT2D eigenvalue weighted by atomic mass is 28.4. The van der Waals surface area contributed by atoms with Crippen molar-refractivity contribution in [1.82, 2.24) is 5.32 Å². The second kappa shape index (κ2) is 19.7. The van der Waals surface area contributed by atoms with E-state index in [4.69, 9.17) is 26.6 Å². The van der Waals surface area contributed by atoms with Gasteiger partial charge in [0.15, 0.2) is 0 Å². The first-order valence-corrected chi connectivity index (χ1v) is 19.3. The van der Waals surface area contributed by atoms with Crippen molar-refractivity contribution in [2.24, 2.45) is 0 Å². The number of nitrogens with one attached hydrogen (secondary N) is 1. The molecule has 0 aromatic heterocycles. The summed E-state index contributed by atoms with van der Waals surface area (Å²) in [5.74, 6) is 0. The molecular weight excluding hydrogens is 551 g/mol. The molecule has 0 unspecified atom stereocenters. The van der Waals surface area contributed by atoms with Crippen LogP contribution in [0.1, 0.15) is 65.5 Å². The Hall–Kier alpha value is -1.41. The predicted octanol–water partition coefficient (Wildman–Crippen LogP) is 6.68. The zero-order valence-electron chi connectivity index (χ0n) is 26.4.